The molecule has 0 amide bonds. The molecule has 0 aliphatic carbocycles. The zero-order chi connectivity index (χ0) is 10.6. The Kier molecular flexibility index (Phi) is 4.48. The smallest absolute Gasteiger partial charge is 0.0910 e. The highest BCUT2D eigenvalue weighted by molar-refractivity contribution is 7.99. The molecule has 80 valence electrons. The SMILES string of the molecule is CCn1cc(C(O)CSC(C)C)cn1. The number of rotatable bonds is 5. The van der Waals surface area contributed by atoms with Crippen LogP contribution in [0.25, 0.3) is 0 Å². The number of aryl methyl sites for hydroxylation is 1. The van der Waals surface area contributed by atoms with Gasteiger partial charge in [-0.05, 0) is 12.2 Å². The van der Waals surface area contributed by atoms with Crippen LogP contribution in [0.3, 0.4) is 0 Å². The molecule has 0 bridgehead atoms. The molecule has 0 aliphatic rings. The van der Waals surface area contributed by atoms with Gasteiger partial charge in [-0.1, -0.05) is 13.8 Å². The van der Waals surface area contributed by atoms with E-state index in [0.29, 0.717) is 5.25 Å². The predicted octanol–water partition coefficient (Wildman–Crippen LogP) is 2.08. The highest BCUT2D eigenvalue weighted by Gasteiger charge is 2.10. The fourth-order valence-corrected chi connectivity index (χ4v) is 1.86. The van der Waals surface area contributed by atoms with Gasteiger partial charge in [-0.2, -0.15) is 16.9 Å². The molecule has 1 unspecified atom stereocenters. The van der Waals surface area contributed by atoms with Gasteiger partial charge < -0.3 is 5.11 Å². The molecule has 0 radical (unpaired) electrons. The standard InChI is InChI=1S/C10H18N2OS/c1-4-12-6-9(5-11-12)10(13)7-14-8(2)3/h5-6,8,10,13H,4,7H2,1-3H3. The lowest BCUT2D eigenvalue weighted by Crippen LogP contribution is -2.02. The third-order valence-electron chi connectivity index (χ3n) is 1.95. The molecule has 1 atom stereocenters. The van der Waals surface area contributed by atoms with E-state index in [9.17, 15) is 5.11 Å². The van der Waals surface area contributed by atoms with Gasteiger partial charge in [0.1, 0.15) is 0 Å². The van der Waals surface area contributed by atoms with Gasteiger partial charge in [0.15, 0.2) is 0 Å². The summed E-state index contributed by atoms with van der Waals surface area (Å²) in [6, 6.07) is 0. The molecule has 1 N–H and O–H groups in total. The number of hydrogen-bond donors (Lipinski definition) is 1. The largest absolute Gasteiger partial charge is 0.387 e. The minimum Gasteiger partial charge on any atom is -0.387 e. The number of thioether (sulfide) groups is 1. The molecule has 3 nitrogen and oxygen atoms in total. The molecule has 0 saturated heterocycles. The molecule has 0 fully saturated rings. The Balaban J connectivity index is 2.47. The lowest BCUT2D eigenvalue weighted by atomic mass is 10.2. The Morgan fingerprint density at radius 2 is 2.29 bits per heavy atom. The van der Waals surface area contributed by atoms with E-state index in [2.05, 4.69) is 18.9 Å². The molecule has 0 aromatic carbocycles. The van der Waals surface area contributed by atoms with Gasteiger partial charge in [-0.25, -0.2) is 0 Å². The van der Waals surface area contributed by atoms with Crippen molar-refractivity contribution in [3.8, 4) is 0 Å². The van der Waals surface area contributed by atoms with E-state index in [0.717, 1.165) is 17.9 Å². The van der Waals surface area contributed by atoms with Gasteiger partial charge in [0.25, 0.3) is 0 Å². The van der Waals surface area contributed by atoms with Crippen molar-refractivity contribution in [2.75, 3.05) is 5.75 Å². The number of aromatic nitrogens is 2. The Labute approximate surface area is 89.5 Å². The van der Waals surface area contributed by atoms with E-state index < -0.39 is 0 Å². The molecule has 4 heteroatoms. The molecule has 0 spiro atoms. The van der Waals surface area contributed by atoms with Crippen LogP contribution in [0.4, 0.5) is 0 Å². The first kappa shape index (κ1) is 11.6. The van der Waals surface area contributed by atoms with Crippen molar-refractivity contribution in [3.05, 3.63) is 18.0 Å². The summed E-state index contributed by atoms with van der Waals surface area (Å²) in [6.45, 7) is 7.15. The van der Waals surface area contributed by atoms with Crippen molar-refractivity contribution in [2.24, 2.45) is 0 Å². The average molecular weight is 214 g/mol. The molecule has 1 aromatic heterocycles. The van der Waals surface area contributed by atoms with Crippen molar-refractivity contribution >= 4 is 11.8 Å². The highest BCUT2D eigenvalue weighted by atomic mass is 32.2. The number of nitrogens with zero attached hydrogens (tertiary/aromatic N) is 2. The summed E-state index contributed by atoms with van der Waals surface area (Å²) in [6.07, 6.45) is 3.27. The Bertz CT molecular complexity index is 273. The van der Waals surface area contributed by atoms with Gasteiger partial charge in [0.05, 0.1) is 12.3 Å². The number of aliphatic hydroxyl groups excluding tert-OH is 1. The summed E-state index contributed by atoms with van der Waals surface area (Å²) in [5.41, 5.74) is 0.917. The lowest BCUT2D eigenvalue weighted by molar-refractivity contribution is 0.204. The lowest BCUT2D eigenvalue weighted by Gasteiger charge is -2.09. The number of aliphatic hydroxyl groups is 1. The number of hydrogen-bond acceptors (Lipinski definition) is 3. The van der Waals surface area contributed by atoms with Crippen LogP contribution in [0.2, 0.25) is 0 Å². The van der Waals surface area contributed by atoms with Gasteiger partial charge in [-0.3, -0.25) is 4.68 Å². The molecular weight excluding hydrogens is 196 g/mol. The zero-order valence-electron chi connectivity index (χ0n) is 8.97. The van der Waals surface area contributed by atoms with Gasteiger partial charge in [0.2, 0.25) is 0 Å². The first-order chi connectivity index (χ1) is 6.63. The van der Waals surface area contributed by atoms with Gasteiger partial charge >= 0.3 is 0 Å². The summed E-state index contributed by atoms with van der Waals surface area (Å²) >= 11 is 1.76. The first-order valence-electron chi connectivity index (χ1n) is 4.95. The monoisotopic (exact) mass is 214 g/mol. The molecular formula is C10H18N2OS. The fraction of sp³-hybridized carbons (Fsp3) is 0.700. The Hall–Kier alpha value is -0.480. The third-order valence-corrected chi connectivity index (χ3v) is 3.12. The van der Waals surface area contributed by atoms with E-state index in [1.807, 2.05) is 17.8 Å². The summed E-state index contributed by atoms with van der Waals surface area (Å²) in [7, 11) is 0. The topological polar surface area (TPSA) is 38.0 Å². The van der Waals surface area contributed by atoms with Crippen LogP contribution in [0.5, 0.6) is 0 Å². The van der Waals surface area contributed by atoms with E-state index in [-0.39, 0.29) is 6.10 Å². The van der Waals surface area contributed by atoms with Crippen molar-refractivity contribution < 1.29 is 5.11 Å². The molecule has 0 saturated carbocycles. The van der Waals surface area contributed by atoms with Crippen molar-refractivity contribution in [1.82, 2.24) is 9.78 Å². The van der Waals surface area contributed by atoms with Crippen LogP contribution in [0, 0.1) is 0 Å². The molecule has 1 rings (SSSR count). The van der Waals surface area contributed by atoms with E-state index in [1.54, 1.807) is 18.0 Å². The Morgan fingerprint density at radius 1 is 1.57 bits per heavy atom. The summed E-state index contributed by atoms with van der Waals surface area (Å²) in [4.78, 5) is 0. The van der Waals surface area contributed by atoms with Crippen molar-refractivity contribution in [3.63, 3.8) is 0 Å². The van der Waals surface area contributed by atoms with Crippen LogP contribution in [0.1, 0.15) is 32.4 Å². The summed E-state index contributed by atoms with van der Waals surface area (Å²) in [5, 5.41) is 14.5. The van der Waals surface area contributed by atoms with Crippen LogP contribution in [-0.2, 0) is 6.54 Å². The van der Waals surface area contributed by atoms with E-state index in [1.165, 1.54) is 0 Å². The van der Waals surface area contributed by atoms with Crippen molar-refractivity contribution in [2.45, 2.75) is 38.7 Å². The zero-order valence-corrected chi connectivity index (χ0v) is 9.79. The minimum absolute atomic E-state index is 0.386. The van der Waals surface area contributed by atoms with Crippen LogP contribution in [-0.4, -0.2) is 25.9 Å². The van der Waals surface area contributed by atoms with Gasteiger partial charge in [0, 0.05) is 24.1 Å². The summed E-state index contributed by atoms with van der Waals surface area (Å²) < 4.78 is 1.83. The Morgan fingerprint density at radius 3 is 2.79 bits per heavy atom. The minimum atomic E-state index is -0.386. The maximum absolute atomic E-state index is 9.80. The van der Waals surface area contributed by atoms with Crippen LogP contribution < -0.4 is 0 Å². The second kappa shape index (κ2) is 5.41. The normalized spacial score (nSPS) is 13.5. The molecule has 0 aliphatic heterocycles. The molecule has 14 heavy (non-hydrogen) atoms. The third kappa shape index (κ3) is 3.35. The molecule has 1 aromatic rings. The van der Waals surface area contributed by atoms with Crippen molar-refractivity contribution in [1.29, 1.82) is 0 Å². The first-order valence-corrected chi connectivity index (χ1v) is 6.00. The summed E-state index contributed by atoms with van der Waals surface area (Å²) in [5.74, 6) is 0.743. The average Bonchev–Trinajstić information content (AvgIpc) is 2.62. The second-order valence-corrected chi connectivity index (χ2v) is 5.14. The predicted molar refractivity (Wildman–Crippen MR) is 60.5 cm³/mol. The van der Waals surface area contributed by atoms with E-state index in [4.69, 9.17) is 0 Å². The van der Waals surface area contributed by atoms with Crippen LogP contribution in [0.15, 0.2) is 12.4 Å². The van der Waals surface area contributed by atoms with Gasteiger partial charge in [-0.15, -0.1) is 0 Å². The maximum Gasteiger partial charge on any atom is 0.0910 e. The second-order valence-electron chi connectivity index (χ2n) is 3.53. The molecule has 1 heterocycles. The fourth-order valence-electron chi connectivity index (χ4n) is 1.10. The maximum atomic E-state index is 9.80. The van der Waals surface area contributed by atoms with Crippen LogP contribution >= 0.6 is 11.8 Å². The quantitative estimate of drug-likeness (QED) is 0.815. The highest BCUT2D eigenvalue weighted by Crippen LogP contribution is 2.20. The van der Waals surface area contributed by atoms with E-state index >= 15 is 0 Å².